The van der Waals surface area contributed by atoms with Gasteiger partial charge in [-0.1, -0.05) is 6.92 Å². The van der Waals surface area contributed by atoms with E-state index < -0.39 is 41.6 Å². The normalized spacial score (nSPS) is 11.7. The van der Waals surface area contributed by atoms with Gasteiger partial charge in [0, 0.05) is 10.5 Å². The molecule has 0 saturated heterocycles. The van der Waals surface area contributed by atoms with Crippen molar-refractivity contribution in [1.29, 1.82) is 0 Å². The van der Waals surface area contributed by atoms with Gasteiger partial charge >= 0.3 is 28.9 Å². The molecule has 1 aromatic heterocycles. The quantitative estimate of drug-likeness (QED) is 0.221. The summed E-state index contributed by atoms with van der Waals surface area (Å²) in [5.74, 6) is -1.21. The molecule has 0 saturated carbocycles. The van der Waals surface area contributed by atoms with Crippen LogP contribution in [0.1, 0.15) is 21.6 Å². The minimum absolute atomic E-state index is 0. The predicted octanol–water partition coefficient (Wildman–Crippen LogP) is -0.0350. The van der Waals surface area contributed by atoms with Gasteiger partial charge in [0.25, 0.3) is 0 Å². The van der Waals surface area contributed by atoms with Crippen LogP contribution in [0.5, 0.6) is 0 Å². The summed E-state index contributed by atoms with van der Waals surface area (Å²) in [6.07, 6.45) is 0. The fourth-order valence-electron chi connectivity index (χ4n) is 2.86. The zero-order valence-corrected chi connectivity index (χ0v) is 20.6. The number of hydrogen-bond acceptors (Lipinski definition) is 10. The van der Waals surface area contributed by atoms with Crippen molar-refractivity contribution in [3.05, 3.63) is 58.8 Å². The summed E-state index contributed by atoms with van der Waals surface area (Å²) < 4.78 is 68.3. The molecule has 0 aliphatic rings. The van der Waals surface area contributed by atoms with Crippen LogP contribution >= 0.6 is 0 Å². The number of azo groups is 1. The summed E-state index contributed by atoms with van der Waals surface area (Å²) in [6, 6.07) is 5.99. The van der Waals surface area contributed by atoms with E-state index in [1.165, 1.54) is 19.9 Å². The van der Waals surface area contributed by atoms with Crippen molar-refractivity contribution in [2.24, 2.45) is 10.2 Å². The van der Waals surface area contributed by atoms with E-state index in [0.717, 1.165) is 35.0 Å². The van der Waals surface area contributed by atoms with Gasteiger partial charge in [-0.15, -0.1) is 15.9 Å². The molecule has 0 aliphatic carbocycles. The fraction of sp³-hybridized carbons (Fsp3) is 0.111. The van der Waals surface area contributed by atoms with Gasteiger partial charge in [0.15, 0.2) is 11.3 Å². The minimum Gasteiger partial charge on any atom is -0.870 e. The number of carbonyl (C=O) groups is 1. The van der Waals surface area contributed by atoms with Crippen molar-refractivity contribution in [2.45, 2.75) is 23.6 Å². The van der Waals surface area contributed by atoms with E-state index in [9.17, 15) is 35.5 Å². The molecule has 0 atom stereocenters. The van der Waals surface area contributed by atoms with Crippen LogP contribution in [-0.4, -0.2) is 52.0 Å². The molecule has 1 heterocycles. The molecular weight excluding hydrogens is 548 g/mol. The SMILES string of the molecule is Cc1cc(S(=O)(=O)[O-])ccc1-n1[n-]c(C)c(N=Nc2cc(S(=O)(=O)[O-])ccc2C(=O)[OH2+])c1=[OH+].[Cr+2].[OH-]. The van der Waals surface area contributed by atoms with E-state index >= 15 is 0 Å². The molecule has 186 valence electrons. The zero-order valence-electron chi connectivity index (χ0n) is 17.7. The molecule has 0 radical (unpaired) electrons. The Morgan fingerprint density at radius 3 is 2.06 bits per heavy atom. The van der Waals surface area contributed by atoms with Gasteiger partial charge in [-0.05, 0) is 48.9 Å². The Balaban J connectivity index is 0.00000306. The van der Waals surface area contributed by atoms with Gasteiger partial charge in [0.2, 0.25) is 0 Å². The molecule has 2 aromatic carbocycles. The van der Waals surface area contributed by atoms with Crippen LogP contribution in [0.25, 0.3) is 5.69 Å². The molecule has 0 unspecified atom stereocenters. The largest absolute Gasteiger partial charge is 2.00 e. The number of benzene rings is 2. The number of aromatic nitrogens is 2. The van der Waals surface area contributed by atoms with Gasteiger partial charge in [-0.25, -0.2) is 16.8 Å². The van der Waals surface area contributed by atoms with Crippen LogP contribution in [0.3, 0.4) is 0 Å². The van der Waals surface area contributed by atoms with Crippen molar-refractivity contribution in [3.8, 4) is 5.69 Å². The van der Waals surface area contributed by atoms with Crippen molar-refractivity contribution in [3.63, 3.8) is 0 Å². The Hall–Kier alpha value is -3.17. The molecule has 17 heteroatoms. The third kappa shape index (κ3) is 6.29. The van der Waals surface area contributed by atoms with Crippen molar-refractivity contribution < 1.29 is 63.5 Å². The van der Waals surface area contributed by atoms with Crippen molar-refractivity contribution >= 4 is 37.6 Å². The van der Waals surface area contributed by atoms with Gasteiger partial charge < -0.3 is 29.5 Å². The number of hydrogen-bond donors (Lipinski definition) is 0. The first-order chi connectivity index (χ1) is 15.2. The number of carbonyl (C=O) groups excluding carboxylic acids is 1. The predicted molar refractivity (Wildman–Crippen MR) is 110 cm³/mol. The van der Waals surface area contributed by atoms with Gasteiger partial charge in [-0.3, -0.25) is 4.79 Å². The first-order valence-electron chi connectivity index (χ1n) is 8.83. The van der Waals surface area contributed by atoms with E-state index in [0.29, 0.717) is 5.56 Å². The van der Waals surface area contributed by atoms with E-state index in [4.69, 9.17) is 5.11 Å². The maximum absolute atomic E-state index is 11.5. The average molecular weight is 564 g/mol. The maximum atomic E-state index is 11.5. The Bertz CT molecular complexity index is 1590. The molecule has 0 spiro atoms. The summed E-state index contributed by atoms with van der Waals surface area (Å²) in [5, 5.41) is 18.9. The van der Waals surface area contributed by atoms with E-state index in [1.807, 2.05) is 0 Å². The number of rotatable bonds is 6. The second kappa shape index (κ2) is 10.6. The van der Waals surface area contributed by atoms with E-state index in [-0.39, 0.29) is 51.2 Å². The standard InChI is InChI=1S/C18H16N4O9S2.Cr.H2O/c1-9-7-11(32(26,27)28)4-6-15(9)22-17(23)16(10(2)21-22)20-19-14-8-12(33(29,30)31)3-5-13(14)18(24)25;;/h3-8H,1-2H3,(H4,19,21,23,24,25,26,27,28,29,30,31);;1H2/q;+2;/p-2. The molecule has 14 nitrogen and oxygen atoms in total. The van der Waals surface area contributed by atoms with Crippen LogP contribution in [0.4, 0.5) is 11.4 Å². The summed E-state index contributed by atoms with van der Waals surface area (Å²) in [7, 11) is -9.56. The smallest absolute Gasteiger partial charge is 0.870 e. The summed E-state index contributed by atoms with van der Waals surface area (Å²) in [4.78, 5) is 20.9. The number of nitrogens with zero attached hydrogens (tertiary/aromatic N) is 4. The van der Waals surface area contributed by atoms with Gasteiger partial charge in [0.05, 0.1) is 9.79 Å². The summed E-state index contributed by atoms with van der Waals surface area (Å²) in [5.41, 5.74) is -0.783. The monoisotopic (exact) mass is 564 g/mol. The minimum atomic E-state index is -4.87. The van der Waals surface area contributed by atoms with Gasteiger partial charge in [-0.2, -0.15) is 0 Å². The van der Waals surface area contributed by atoms with E-state index in [2.05, 4.69) is 15.3 Å². The Morgan fingerprint density at radius 2 is 1.54 bits per heavy atom. The van der Waals surface area contributed by atoms with Crippen LogP contribution in [0, 0.1) is 13.8 Å². The summed E-state index contributed by atoms with van der Waals surface area (Å²) >= 11 is 0. The zero-order chi connectivity index (χ0) is 24.7. The van der Waals surface area contributed by atoms with Gasteiger partial charge in [0.1, 0.15) is 25.9 Å². The molecule has 35 heavy (non-hydrogen) atoms. The van der Waals surface area contributed by atoms with Crippen LogP contribution in [0.15, 0.2) is 56.4 Å². The van der Waals surface area contributed by atoms with Crippen LogP contribution in [-0.2, 0) is 37.6 Å². The second-order valence-corrected chi connectivity index (χ2v) is 9.49. The Labute approximate surface area is 208 Å². The molecule has 0 amide bonds. The Morgan fingerprint density at radius 1 is 1.00 bits per heavy atom. The molecular formula is C18H16CrN4O10S2. The van der Waals surface area contributed by atoms with Crippen LogP contribution in [0.2, 0.25) is 0 Å². The first kappa shape index (κ1) is 29.9. The molecule has 4 N–H and O–H groups in total. The topological polar surface area (TPSA) is 250 Å². The Kier molecular flexibility index (Phi) is 9.06. The fourth-order valence-corrected chi connectivity index (χ4v) is 3.91. The van der Waals surface area contributed by atoms with Crippen molar-refractivity contribution in [1.82, 2.24) is 9.78 Å². The third-order valence-electron chi connectivity index (χ3n) is 4.45. The average Bonchev–Trinajstić information content (AvgIpc) is 2.98. The number of aryl methyl sites for hydroxylation is 2. The second-order valence-electron chi connectivity index (χ2n) is 6.73. The third-order valence-corrected chi connectivity index (χ3v) is 6.11. The molecule has 3 aromatic rings. The molecule has 0 fully saturated rings. The van der Waals surface area contributed by atoms with Crippen molar-refractivity contribution in [2.75, 3.05) is 0 Å². The molecule has 3 rings (SSSR count). The van der Waals surface area contributed by atoms with E-state index in [1.54, 1.807) is 0 Å². The molecule has 0 aliphatic heterocycles. The molecule has 0 bridgehead atoms. The maximum Gasteiger partial charge on any atom is 2.00 e. The summed E-state index contributed by atoms with van der Waals surface area (Å²) in [6.45, 7) is 2.94. The first-order valence-corrected chi connectivity index (χ1v) is 11.6. The van der Waals surface area contributed by atoms with Crippen LogP contribution < -0.4 is 10.7 Å².